The summed E-state index contributed by atoms with van der Waals surface area (Å²) in [5, 5.41) is 3.35. The average molecular weight is 599 g/mol. The van der Waals surface area contributed by atoms with Gasteiger partial charge in [-0.1, -0.05) is 0 Å². The minimum Gasteiger partial charge on any atom is -0.377 e. The van der Waals surface area contributed by atoms with Crippen LogP contribution in [0.15, 0.2) is 6.20 Å². The Morgan fingerprint density at radius 1 is 1.17 bits per heavy atom. The van der Waals surface area contributed by atoms with Crippen LogP contribution in [0.2, 0.25) is 0 Å². The van der Waals surface area contributed by atoms with Crippen molar-refractivity contribution in [2.45, 2.75) is 32.2 Å². The highest BCUT2D eigenvalue weighted by Crippen LogP contribution is 2.30. The molecule has 5 heterocycles. The minimum absolute atomic E-state index is 0. The van der Waals surface area contributed by atoms with E-state index in [-0.39, 0.29) is 48.3 Å². The standard InChI is InChI=1S/C25H36F2N10O3.ClH/c1-16-13-39-10-9-37(16)25-33-22(18-12-30-23(28)31-20(18)21(26)27)32-24(34-25)36-7-5-35(6-8-36)19(38)15-40-14-17-3-2-4-29-11-17;/h12,16-17,21,29H,2-11,13-15H2,1H3,(H2,28,30,31);1H/t16-,17+;/m0./s1. The van der Waals surface area contributed by atoms with Crippen LogP contribution in [0.5, 0.6) is 0 Å². The van der Waals surface area contributed by atoms with Crippen LogP contribution in [0.1, 0.15) is 31.9 Å². The number of rotatable bonds is 8. The van der Waals surface area contributed by atoms with Crippen molar-refractivity contribution in [3.05, 3.63) is 11.9 Å². The van der Waals surface area contributed by atoms with Crippen LogP contribution < -0.4 is 20.9 Å². The van der Waals surface area contributed by atoms with Crippen LogP contribution in [0.25, 0.3) is 11.4 Å². The van der Waals surface area contributed by atoms with Crippen molar-refractivity contribution in [1.29, 1.82) is 0 Å². The Balaban J connectivity index is 0.00000387. The van der Waals surface area contributed by atoms with Gasteiger partial charge in [0.15, 0.2) is 5.82 Å². The number of carbonyl (C=O) groups is 1. The SMILES string of the molecule is C[C@H]1COCCN1c1nc(-c2cnc(N)nc2C(F)F)nc(N2CCN(C(=O)COC[C@@H]3CCCNC3)CC2)n1.Cl. The molecular formula is C25H37ClF2N10O3. The lowest BCUT2D eigenvalue weighted by molar-refractivity contribution is -0.137. The van der Waals surface area contributed by atoms with Gasteiger partial charge in [-0.25, -0.2) is 18.7 Å². The fourth-order valence-corrected chi connectivity index (χ4v) is 5.14. The van der Waals surface area contributed by atoms with Gasteiger partial charge in [-0.05, 0) is 32.2 Å². The van der Waals surface area contributed by atoms with Crippen molar-refractivity contribution in [1.82, 2.24) is 35.1 Å². The first-order chi connectivity index (χ1) is 19.4. The molecule has 16 heteroatoms. The van der Waals surface area contributed by atoms with Crippen molar-refractivity contribution in [3.8, 4) is 11.4 Å². The summed E-state index contributed by atoms with van der Waals surface area (Å²) in [6.45, 7) is 7.97. The highest BCUT2D eigenvalue weighted by Gasteiger charge is 2.29. The van der Waals surface area contributed by atoms with E-state index in [0.29, 0.717) is 70.4 Å². The number of alkyl halides is 2. The van der Waals surface area contributed by atoms with E-state index >= 15 is 0 Å². The molecule has 0 aromatic carbocycles. The molecule has 41 heavy (non-hydrogen) atoms. The molecule has 5 rings (SSSR count). The molecule has 0 radical (unpaired) electrons. The Morgan fingerprint density at radius 3 is 2.66 bits per heavy atom. The number of carbonyl (C=O) groups excluding carboxylic acids is 1. The van der Waals surface area contributed by atoms with E-state index < -0.39 is 12.1 Å². The van der Waals surface area contributed by atoms with Crippen LogP contribution in [-0.4, -0.2) is 114 Å². The first-order valence-corrected chi connectivity index (χ1v) is 13.7. The number of piperazine rings is 1. The zero-order valence-corrected chi connectivity index (χ0v) is 23.9. The van der Waals surface area contributed by atoms with Gasteiger partial charge in [0, 0.05) is 45.5 Å². The maximum absolute atomic E-state index is 13.9. The number of piperidine rings is 1. The van der Waals surface area contributed by atoms with Gasteiger partial charge in [-0.2, -0.15) is 15.0 Å². The Morgan fingerprint density at radius 2 is 1.95 bits per heavy atom. The van der Waals surface area contributed by atoms with Crippen molar-refractivity contribution in [2.75, 3.05) is 87.8 Å². The van der Waals surface area contributed by atoms with E-state index in [1.807, 2.05) is 16.7 Å². The largest absolute Gasteiger partial charge is 0.377 e. The van der Waals surface area contributed by atoms with E-state index in [9.17, 15) is 13.6 Å². The molecule has 3 aliphatic heterocycles. The molecule has 3 saturated heterocycles. The maximum atomic E-state index is 13.9. The lowest BCUT2D eigenvalue weighted by Gasteiger charge is -2.36. The molecule has 0 aliphatic carbocycles. The third kappa shape index (κ3) is 7.64. The number of nitrogens with two attached hydrogens (primary N) is 1. The summed E-state index contributed by atoms with van der Waals surface area (Å²) in [7, 11) is 0. The predicted octanol–water partition coefficient (Wildman–Crippen LogP) is 1.16. The summed E-state index contributed by atoms with van der Waals surface area (Å²) in [6.07, 6.45) is 0.567. The molecule has 226 valence electrons. The fourth-order valence-electron chi connectivity index (χ4n) is 5.14. The summed E-state index contributed by atoms with van der Waals surface area (Å²) in [4.78, 5) is 39.9. The van der Waals surface area contributed by atoms with E-state index in [0.717, 1.165) is 25.9 Å². The molecule has 3 aliphatic rings. The highest BCUT2D eigenvalue weighted by atomic mass is 35.5. The lowest BCUT2D eigenvalue weighted by atomic mass is 10.0. The molecule has 2 aromatic rings. The second-order valence-corrected chi connectivity index (χ2v) is 10.3. The molecular weight excluding hydrogens is 562 g/mol. The molecule has 0 saturated carbocycles. The van der Waals surface area contributed by atoms with Gasteiger partial charge in [0.2, 0.25) is 23.8 Å². The predicted molar refractivity (Wildman–Crippen MR) is 150 cm³/mol. The molecule has 1 amide bonds. The molecule has 0 unspecified atom stereocenters. The second-order valence-electron chi connectivity index (χ2n) is 10.3. The third-order valence-electron chi connectivity index (χ3n) is 7.41. The van der Waals surface area contributed by atoms with Crippen molar-refractivity contribution >= 4 is 36.2 Å². The van der Waals surface area contributed by atoms with E-state index in [1.165, 1.54) is 6.20 Å². The number of anilines is 3. The number of halogens is 3. The van der Waals surface area contributed by atoms with Crippen molar-refractivity contribution in [2.24, 2.45) is 5.92 Å². The normalized spacial score (nSPS) is 21.6. The zero-order valence-electron chi connectivity index (χ0n) is 23.0. The van der Waals surface area contributed by atoms with Crippen molar-refractivity contribution in [3.63, 3.8) is 0 Å². The molecule has 13 nitrogen and oxygen atoms in total. The van der Waals surface area contributed by atoms with Gasteiger partial charge in [-0.3, -0.25) is 4.79 Å². The number of nitrogen functional groups attached to an aromatic ring is 1. The quantitative estimate of drug-likeness (QED) is 0.449. The van der Waals surface area contributed by atoms with Crippen LogP contribution >= 0.6 is 12.4 Å². The molecule has 2 atom stereocenters. The number of nitrogens with one attached hydrogen (secondary N) is 1. The Kier molecular flexibility index (Phi) is 10.8. The third-order valence-corrected chi connectivity index (χ3v) is 7.41. The molecule has 3 fully saturated rings. The van der Waals surface area contributed by atoms with Crippen LogP contribution in [0.4, 0.5) is 26.6 Å². The Bertz CT molecular complexity index is 1170. The lowest BCUT2D eigenvalue weighted by Crippen LogP contribution is -2.50. The smallest absolute Gasteiger partial charge is 0.281 e. The first-order valence-electron chi connectivity index (χ1n) is 13.7. The fraction of sp³-hybridized carbons (Fsp3) is 0.680. The van der Waals surface area contributed by atoms with Gasteiger partial charge >= 0.3 is 0 Å². The first kappa shape index (κ1) is 30.9. The number of hydrogen-bond donors (Lipinski definition) is 2. The van der Waals surface area contributed by atoms with Gasteiger partial charge < -0.3 is 35.2 Å². The molecule has 3 N–H and O–H groups in total. The number of nitrogens with zero attached hydrogens (tertiary/aromatic N) is 8. The second kappa shape index (κ2) is 14.2. The monoisotopic (exact) mass is 598 g/mol. The zero-order chi connectivity index (χ0) is 28.1. The van der Waals surface area contributed by atoms with Crippen LogP contribution in [-0.2, 0) is 14.3 Å². The minimum atomic E-state index is -2.89. The van der Waals surface area contributed by atoms with E-state index in [4.69, 9.17) is 20.2 Å². The van der Waals surface area contributed by atoms with Crippen molar-refractivity contribution < 1.29 is 23.0 Å². The number of amides is 1. The average Bonchev–Trinajstić information content (AvgIpc) is 2.97. The van der Waals surface area contributed by atoms with Gasteiger partial charge in [0.05, 0.1) is 31.4 Å². The highest BCUT2D eigenvalue weighted by molar-refractivity contribution is 5.85. The molecule has 0 spiro atoms. The van der Waals surface area contributed by atoms with Gasteiger partial charge in [0.1, 0.15) is 12.3 Å². The number of ether oxygens (including phenoxy) is 2. The summed E-state index contributed by atoms with van der Waals surface area (Å²) < 4.78 is 39.0. The summed E-state index contributed by atoms with van der Waals surface area (Å²) in [5.41, 5.74) is 5.04. The Hall–Kier alpha value is -3.01. The van der Waals surface area contributed by atoms with Gasteiger partial charge in [-0.15, -0.1) is 12.4 Å². The summed E-state index contributed by atoms with van der Waals surface area (Å²) >= 11 is 0. The topological polar surface area (TPSA) is 148 Å². The van der Waals surface area contributed by atoms with Crippen LogP contribution in [0, 0.1) is 5.92 Å². The number of aromatic nitrogens is 5. The maximum Gasteiger partial charge on any atom is 0.281 e. The van der Waals surface area contributed by atoms with Crippen LogP contribution in [0.3, 0.4) is 0 Å². The number of hydrogen-bond acceptors (Lipinski definition) is 12. The Labute approximate surface area is 243 Å². The molecule has 2 aromatic heterocycles. The molecule has 0 bridgehead atoms. The van der Waals surface area contributed by atoms with E-state index in [1.54, 1.807) is 4.90 Å². The van der Waals surface area contributed by atoms with Gasteiger partial charge in [0.25, 0.3) is 6.43 Å². The summed E-state index contributed by atoms with van der Waals surface area (Å²) in [6, 6.07) is -0.0204. The summed E-state index contributed by atoms with van der Waals surface area (Å²) in [5.74, 6) is 0.870. The van der Waals surface area contributed by atoms with E-state index in [2.05, 4.69) is 25.3 Å². The number of morpholine rings is 1.